The van der Waals surface area contributed by atoms with Gasteiger partial charge in [0, 0.05) is 31.6 Å². The van der Waals surface area contributed by atoms with Crippen LogP contribution in [0.5, 0.6) is 0 Å². The van der Waals surface area contributed by atoms with E-state index >= 15 is 0 Å². The molecule has 1 heterocycles. The smallest absolute Gasteiger partial charge is 0.245 e. The first-order valence-electron chi connectivity index (χ1n) is 9.04. The second-order valence-corrected chi connectivity index (χ2v) is 6.95. The first-order chi connectivity index (χ1) is 12.1. The molecular weight excluding hydrogens is 319 g/mol. The van der Waals surface area contributed by atoms with E-state index in [-0.39, 0.29) is 23.5 Å². The predicted octanol–water partition coefficient (Wildman–Crippen LogP) is 2.78. The maximum Gasteiger partial charge on any atom is 0.245 e. The van der Waals surface area contributed by atoms with Crippen molar-refractivity contribution in [2.75, 3.05) is 19.6 Å². The van der Waals surface area contributed by atoms with E-state index in [2.05, 4.69) is 6.58 Å². The molecule has 1 saturated heterocycles. The van der Waals surface area contributed by atoms with Gasteiger partial charge in [-0.3, -0.25) is 9.59 Å². The average molecular weight is 344 g/mol. The van der Waals surface area contributed by atoms with E-state index in [1.807, 2.05) is 11.0 Å². The Labute approximate surface area is 148 Å². The lowest BCUT2D eigenvalue weighted by atomic mass is 9.94. The van der Waals surface area contributed by atoms with E-state index in [4.69, 9.17) is 0 Å². The normalized spacial score (nSPS) is 18.0. The molecule has 0 N–H and O–H groups in total. The fourth-order valence-electron chi connectivity index (χ4n) is 3.51. The molecule has 3 rings (SSSR count). The Balaban J connectivity index is 1.56. The molecule has 1 aliphatic carbocycles. The van der Waals surface area contributed by atoms with Gasteiger partial charge in [0.25, 0.3) is 0 Å². The van der Waals surface area contributed by atoms with Crippen molar-refractivity contribution < 1.29 is 14.0 Å². The highest BCUT2D eigenvalue weighted by molar-refractivity contribution is 5.87. The minimum absolute atomic E-state index is 0.0121. The van der Waals surface area contributed by atoms with E-state index in [0.29, 0.717) is 44.9 Å². The summed E-state index contributed by atoms with van der Waals surface area (Å²) < 4.78 is 13.3. The van der Waals surface area contributed by atoms with Gasteiger partial charge < -0.3 is 9.80 Å². The molecule has 0 spiro atoms. The van der Waals surface area contributed by atoms with E-state index in [1.165, 1.54) is 18.2 Å². The van der Waals surface area contributed by atoms with Crippen LogP contribution in [0.2, 0.25) is 0 Å². The maximum absolute atomic E-state index is 13.3. The van der Waals surface area contributed by atoms with Gasteiger partial charge in [-0.1, -0.05) is 18.7 Å². The summed E-state index contributed by atoms with van der Waals surface area (Å²) in [6.45, 7) is 5.38. The molecule has 0 atom stereocenters. The number of hydrogen-bond acceptors (Lipinski definition) is 2. The Kier molecular flexibility index (Phi) is 5.51. The van der Waals surface area contributed by atoms with Crippen LogP contribution in [0.4, 0.5) is 4.39 Å². The number of halogens is 1. The highest BCUT2D eigenvalue weighted by Gasteiger charge is 2.36. The zero-order chi connectivity index (χ0) is 17.8. The summed E-state index contributed by atoms with van der Waals surface area (Å²) in [6, 6.07) is 6.92. The van der Waals surface area contributed by atoms with E-state index in [0.717, 1.165) is 18.4 Å². The van der Waals surface area contributed by atoms with Gasteiger partial charge in [0.2, 0.25) is 11.8 Å². The molecule has 25 heavy (non-hydrogen) atoms. The van der Waals surface area contributed by atoms with Gasteiger partial charge in [-0.05, 0) is 55.9 Å². The zero-order valence-corrected chi connectivity index (χ0v) is 14.5. The van der Waals surface area contributed by atoms with Crippen LogP contribution in [-0.2, 0) is 16.0 Å². The van der Waals surface area contributed by atoms with Crippen LogP contribution in [0.15, 0.2) is 36.9 Å². The van der Waals surface area contributed by atoms with Crippen molar-refractivity contribution in [2.45, 2.75) is 38.1 Å². The SMILES string of the molecule is C=CC(=O)N1CCC(C(=O)N(CCc2cccc(F)c2)C2CC2)CC1. The van der Waals surface area contributed by atoms with E-state index in [1.54, 1.807) is 11.0 Å². The van der Waals surface area contributed by atoms with Crippen LogP contribution < -0.4 is 0 Å². The van der Waals surface area contributed by atoms with Crippen LogP contribution in [0.25, 0.3) is 0 Å². The van der Waals surface area contributed by atoms with Gasteiger partial charge in [-0.15, -0.1) is 0 Å². The fourth-order valence-corrected chi connectivity index (χ4v) is 3.51. The third kappa shape index (κ3) is 4.47. The molecule has 2 amide bonds. The molecule has 134 valence electrons. The second kappa shape index (κ2) is 7.81. The van der Waals surface area contributed by atoms with Crippen molar-refractivity contribution in [3.05, 3.63) is 48.3 Å². The molecule has 2 aliphatic rings. The third-order valence-electron chi connectivity index (χ3n) is 5.13. The number of piperidine rings is 1. The largest absolute Gasteiger partial charge is 0.339 e. The minimum atomic E-state index is -0.235. The first-order valence-corrected chi connectivity index (χ1v) is 9.04. The molecule has 1 aromatic rings. The molecule has 4 nitrogen and oxygen atoms in total. The van der Waals surface area contributed by atoms with Crippen molar-refractivity contribution in [1.82, 2.24) is 9.80 Å². The molecule has 5 heteroatoms. The lowest BCUT2D eigenvalue weighted by molar-refractivity contribution is -0.139. The molecule has 2 fully saturated rings. The topological polar surface area (TPSA) is 40.6 Å². The number of nitrogens with zero attached hydrogens (tertiary/aromatic N) is 2. The molecule has 0 unspecified atom stereocenters. The van der Waals surface area contributed by atoms with Crippen LogP contribution in [0, 0.1) is 11.7 Å². The summed E-state index contributed by atoms with van der Waals surface area (Å²) in [6.07, 6.45) is 5.54. The number of hydrogen-bond donors (Lipinski definition) is 0. The molecule has 0 aromatic heterocycles. The Bertz CT molecular complexity index is 649. The van der Waals surface area contributed by atoms with Crippen molar-refractivity contribution in [1.29, 1.82) is 0 Å². The van der Waals surface area contributed by atoms with Crippen LogP contribution >= 0.6 is 0 Å². The van der Waals surface area contributed by atoms with Crippen molar-refractivity contribution in [2.24, 2.45) is 5.92 Å². The number of rotatable bonds is 6. The highest BCUT2D eigenvalue weighted by Crippen LogP contribution is 2.30. The Morgan fingerprint density at radius 1 is 1.24 bits per heavy atom. The second-order valence-electron chi connectivity index (χ2n) is 6.95. The fraction of sp³-hybridized carbons (Fsp3) is 0.500. The molecule has 1 saturated carbocycles. The van der Waals surface area contributed by atoms with Crippen molar-refractivity contribution in [3.63, 3.8) is 0 Å². The predicted molar refractivity (Wildman–Crippen MR) is 94.3 cm³/mol. The summed E-state index contributed by atoms with van der Waals surface area (Å²) in [5.41, 5.74) is 0.921. The number of benzene rings is 1. The quantitative estimate of drug-likeness (QED) is 0.745. The van der Waals surface area contributed by atoms with Crippen LogP contribution in [0.1, 0.15) is 31.2 Å². The zero-order valence-electron chi connectivity index (χ0n) is 14.5. The lowest BCUT2D eigenvalue weighted by Gasteiger charge is -2.34. The van der Waals surface area contributed by atoms with Crippen LogP contribution in [-0.4, -0.2) is 47.3 Å². The van der Waals surface area contributed by atoms with Gasteiger partial charge >= 0.3 is 0 Å². The Morgan fingerprint density at radius 3 is 2.56 bits per heavy atom. The summed E-state index contributed by atoms with van der Waals surface area (Å²) >= 11 is 0. The van der Waals surface area contributed by atoms with Gasteiger partial charge in [0.15, 0.2) is 0 Å². The summed E-state index contributed by atoms with van der Waals surface area (Å²) in [5.74, 6) is -0.108. The average Bonchev–Trinajstić information content (AvgIpc) is 3.46. The molecule has 0 bridgehead atoms. The molecule has 0 radical (unpaired) electrons. The van der Waals surface area contributed by atoms with E-state index in [9.17, 15) is 14.0 Å². The summed E-state index contributed by atoms with van der Waals surface area (Å²) in [7, 11) is 0. The standard InChI is InChI=1S/C20H25FN2O2/c1-2-19(24)22-11-9-16(10-12-22)20(25)23(18-6-7-18)13-8-15-4-3-5-17(21)14-15/h2-5,14,16,18H,1,6-13H2. The summed E-state index contributed by atoms with van der Waals surface area (Å²) in [5, 5.41) is 0. The van der Waals surface area contributed by atoms with Gasteiger partial charge in [-0.25, -0.2) is 4.39 Å². The van der Waals surface area contributed by atoms with Gasteiger partial charge in [0.05, 0.1) is 0 Å². The Hall–Kier alpha value is -2.17. The number of amides is 2. The van der Waals surface area contributed by atoms with Gasteiger partial charge in [-0.2, -0.15) is 0 Å². The highest BCUT2D eigenvalue weighted by atomic mass is 19.1. The lowest BCUT2D eigenvalue weighted by Crippen LogP contribution is -2.45. The summed E-state index contributed by atoms with van der Waals surface area (Å²) in [4.78, 5) is 28.3. The monoisotopic (exact) mass is 344 g/mol. The van der Waals surface area contributed by atoms with Crippen LogP contribution in [0.3, 0.4) is 0 Å². The number of carbonyl (C=O) groups is 2. The van der Waals surface area contributed by atoms with Crippen molar-refractivity contribution in [3.8, 4) is 0 Å². The Morgan fingerprint density at radius 2 is 1.96 bits per heavy atom. The van der Waals surface area contributed by atoms with Crippen molar-refractivity contribution >= 4 is 11.8 Å². The third-order valence-corrected chi connectivity index (χ3v) is 5.13. The minimum Gasteiger partial charge on any atom is -0.339 e. The molecule has 1 aromatic carbocycles. The number of likely N-dealkylation sites (tertiary alicyclic amines) is 1. The maximum atomic E-state index is 13.3. The molecule has 1 aliphatic heterocycles. The molecular formula is C20H25FN2O2. The van der Waals surface area contributed by atoms with E-state index < -0.39 is 0 Å². The number of carbonyl (C=O) groups excluding carboxylic acids is 2. The first kappa shape index (κ1) is 17.6. The van der Waals surface area contributed by atoms with Gasteiger partial charge in [0.1, 0.15) is 5.82 Å².